The molecule has 0 spiro atoms. The topological polar surface area (TPSA) is 37.4 Å². The molecule has 0 aliphatic heterocycles. The molecule has 92 valence electrons. The third-order valence-corrected chi connectivity index (χ3v) is 1.48. The number of hydrogen-bond donors (Lipinski definition) is 0. The Labute approximate surface area is 94.8 Å². The standard InChI is InChI=1S/C7H15NO.C4H10.CH2O/c1-4-7(2)5-8(3)6-9;1-4(2)3;1-2/h6-7H,4-5H2,1-3H3;4H,1-3H3;1H2. The van der Waals surface area contributed by atoms with Gasteiger partial charge >= 0.3 is 0 Å². The predicted molar refractivity (Wildman–Crippen MR) is 65.8 cm³/mol. The van der Waals surface area contributed by atoms with Crippen molar-refractivity contribution in [1.82, 2.24) is 4.90 Å². The van der Waals surface area contributed by atoms with Crippen LogP contribution >= 0.6 is 0 Å². The van der Waals surface area contributed by atoms with Crippen LogP contribution in [0.4, 0.5) is 0 Å². The summed E-state index contributed by atoms with van der Waals surface area (Å²) < 4.78 is 0. The maximum atomic E-state index is 10.1. The lowest BCUT2D eigenvalue weighted by atomic mass is 10.1. The van der Waals surface area contributed by atoms with Gasteiger partial charge in [-0.1, -0.05) is 41.0 Å². The molecule has 1 unspecified atom stereocenters. The zero-order valence-corrected chi connectivity index (χ0v) is 11.1. The predicted octanol–water partition coefficient (Wildman–Crippen LogP) is 2.60. The monoisotopic (exact) mass is 217 g/mol. The van der Waals surface area contributed by atoms with Gasteiger partial charge in [0.1, 0.15) is 6.79 Å². The normalized spacial score (nSPS) is 10.3. The summed E-state index contributed by atoms with van der Waals surface area (Å²) in [7, 11) is 1.80. The molecule has 0 saturated heterocycles. The summed E-state index contributed by atoms with van der Waals surface area (Å²) in [6, 6.07) is 0. The SMILES string of the molecule is C=O.CC(C)C.CCC(C)CN(C)C=O. The van der Waals surface area contributed by atoms with E-state index < -0.39 is 0 Å². The van der Waals surface area contributed by atoms with Gasteiger partial charge in [0, 0.05) is 13.6 Å². The van der Waals surface area contributed by atoms with Crippen LogP contribution in [0.15, 0.2) is 0 Å². The summed E-state index contributed by atoms with van der Waals surface area (Å²) in [5, 5.41) is 0. The number of nitrogens with zero attached hydrogens (tertiary/aromatic N) is 1. The first-order valence-electron chi connectivity index (χ1n) is 5.38. The van der Waals surface area contributed by atoms with E-state index in [2.05, 4.69) is 34.6 Å². The van der Waals surface area contributed by atoms with Crippen LogP contribution in [0.1, 0.15) is 41.0 Å². The molecule has 15 heavy (non-hydrogen) atoms. The van der Waals surface area contributed by atoms with Gasteiger partial charge in [-0.25, -0.2) is 0 Å². The van der Waals surface area contributed by atoms with E-state index in [1.807, 2.05) is 6.79 Å². The summed E-state index contributed by atoms with van der Waals surface area (Å²) >= 11 is 0. The van der Waals surface area contributed by atoms with E-state index in [0.717, 1.165) is 25.3 Å². The van der Waals surface area contributed by atoms with E-state index in [1.54, 1.807) is 11.9 Å². The zero-order valence-electron chi connectivity index (χ0n) is 11.1. The van der Waals surface area contributed by atoms with Crippen LogP contribution in [-0.4, -0.2) is 31.7 Å². The highest BCUT2D eigenvalue weighted by Crippen LogP contribution is 2.00. The van der Waals surface area contributed by atoms with Gasteiger partial charge in [0.05, 0.1) is 0 Å². The van der Waals surface area contributed by atoms with Crippen molar-refractivity contribution >= 4 is 13.2 Å². The number of rotatable bonds is 4. The highest BCUT2D eigenvalue weighted by Gasteiger charge is 1.99. The quantitative estimate of drug-likeness (QED) is 0.679. The molecule has 0 aromatic rings. The van der Waals surface area contributed by atoms with Crippen LogP contribution in [0.2, 0.25) is 0 Å². The third-order valence-electron chi connectivity index (χ3n) is 1.48. The Morgan fingerprint density at radius 2 is 1.53 bits per heavy atom. The lowest BCUT2D eigenvalue weighted by Gasteiger charge is -2.14. The van der Waals surface area contributed by atoms with Crippen LogP contribution in [0.25, 0.3) is 0 Å². The zero-order chi connectivity index (χ0) is 12.9. The molecule has 0 radical (unpaired) electrons. The van der Waals surface area contributed by atoms with Crippen LogP contribution < -0.4 is 0 Å². The molecular weight excluding hydrogens is 190 g/mol. The minimum atomic E-state index is 0.625. The Bertz CT molecular complexity index is 124. The molecule has 1 amide bonds. The van der Waals surface area contributed by atoms with E-state index in [1.165, 1.54) is 0 Å². The average molecular weight is 217 g/mol. The van der Waals surface area contributed by atoms with Gasteiger partial charge in [-0.05, 0) is 11.8 Å². The lowest BCUT2D eigenvalue weighted by Crippen LogP contribution is -2.22. The van der Waals surface area contributed by atoms with Gasteiger partial charge in [-0.15, -0.1) is 0 Å². The Morgan fingerprint density at radius 3 is 1.73 bits per heavy atom. The van der Waals surface area contributed by atoms with Crippen LogP contribution in [0.5, 0.6) is 0 Å². The van der Waals surface area contributed by atoms with Crippen LogP contribution in [0, 0.1) is 11.8 Å². The first-order chi connectivity index (χ1) is 6.93. The number of carbonyl (C=O) groups is 2. The van der Waals surface area contributed by atoms with Crippen molar-refractivity contribution in [3.05, 3.63) is 0 Å². The molecule has 0 heterocycles. The van der Waals surface area contributed by atoms with Gasteiger partial charge in [0.15, 0.2) is 0 Å². The van der Waals surface area contributed by atoms with Crippen molar-refractivity contribution in [2.24, 2.45) is 11.8 Å². The Balaban J connectivity index is -0.000000202. The second-order valence-electron chi connectivity index (χ2n) is 4.29. The molecule has 0 aliphatic rings. The second-order valence-corrected chi connectivity index (χ2v) is 4.29. The number of carbonyl (C=O) groups excluding carboxylic acids is 2. The molecule has 0 N–H and O–H groups in total. The number of amides is 1. The second kappa shape index (κ2) is 15.6. The summed E-state index contributed by atoms with van der Waals surface area (Å²) in [5.74, 6) is 1.46. The maximum Gasteiger partial charge on any atom is 0.209 e. The van der Waals surface area contributed by atoms with E-state index in [-0.39, 0.29) is 0 Å². The van der Waals surface area contributed by atoms with Gasteiger partial charge < -0.3 is 9.69 Å². The fraction of sp³-hybridized carbons (Fsp3) is 0.833. The summed E-state index contributed by atoms with van der Waals surface area (Å²) in [4.78, 5) is 19.8. The highest BCUT2D eigenvalue weighted by molar-refractivity contribution is 5.46. The smallest absolute Gasteiger partial charge is 0.209 e. The van der Waals surface area contributed by atoms with Crippen molar-refractivity contribution in [2.45, 2.75) is 41.0 Å². The molecule has 0 saturated carbocycles. The minimum absolute atomic E-state index is 0.625. The Kier molecular flexibility index (Phi) is 20.5. The van der Waals surface area contributed by atoms with Crippen LogP contribution in [-0.2, 0) is 9.59 Å². The average Bonchev–Trinajstić information content (AvgIpc) is 2.19. The molecule has 0 rings (SSSR count). The fourth-order valence-corrected chi connectivity index (χ4v) is 0.664. The molecule has 0 bridgehead atoms. The fourth-order valence-electron chi connectivity index (χ4n) is 0.664. The molecule has 3 heteroatoms. The molecule has 0 aromatic heterocycles. The van der Waals surface area contributed by atoms with Gasteiger partial charge in [-0.2, -0.15) is 0 Å². The van der Waals surface area contributed by atoms with Crippen molar-refractivity contribution < 1.29 is 9.59 Å². The summed E-state index contributed by atoms with van der Waals surface area (Å²) in [5.41, 5.74) is 0. The Morgan fingerprint density at radius 1 is 1.20 bits per heavy atom. The maximum absolute atomic E-state index is 10.1. The first-order valence-corrected chi connectivity index (χ1v) is 5.38. The van der Waals surface area contributed by atoms with Gasteiger partial charge in [0.2, 0.25) is 6.41 Å². The Hall–Kier alpha value is -0.860. The summed E-state index contributed by atoms with van der Waals surface area (Å²) in [6.07, 6.45) is 2.00. The largest absolute Gasteiger partial charge is 0.348 e. The lowest BCUT2D eigenvalue weighted by molar-refractivity contribution is -0.117. The van der Waals surface area contributed by atoms with E-state index >= 15 is 0 Å². The number of hydrogen-bond acceptors (Lipinski definition) is 2. The highest BCUT2D eigenvalue weighted by atomic mass is 16.1. The van der Waals surface area contributed by atoms with Crippen molar-refractivity contribution in [1.29, 1.82) is 0 Å². The van der Waals surface area contributed by atoms with Crippen molar-refractivity contribution in [3.8, 4) is 0 Å². The third kappa shape index (κ3) is 32.0. The van der Waals surface area contributed by atoms with E-state index in [0.29, 0.717) is 5.92 Å². The van der Waals surface area contributed by atoms with Crippen molar-refractivity contribution in [3.63, 3.8) is 0 Å². The molecular formula is C12H27NO2. The van der Waals surface area contributed by atoms with Crippen LogP contribution in [0.3, 0.4) is 0 Å². The van der Waals surface area contributed by atoms with Gasteiger partial charge in [0.25, 0.3) is 0 Å². The molecule has 0 aromatic carbocycles. The van der Waals surface area contributed by atoms with E-state index in [4.69, 9.17) is 4.79 Å². The molecule has 1 atom stereocenters. The molecule has 3 nitrogen and oxygen atoms in total. The first kappa shape index (κ1) is 19.7. The van der Waals surface area contributed by atoms with E-state index in [9.17, 15) is 4.79 Å². The van der Waals surface area contributed by atoms with Crippen molar-refractivity contribution in [2.75, 3.05) is 13.6 Å². The summed E-state index contributed by atoms with van der Waals surface area (Å²) in [6.45, 7) is 13.6. The molecule has 0 aliphatic carbocycles. The van der Waals surface area contributed by atoms with Gasteiger partial charge in [-0.3, -0.25) is 4.79 Å². The minimum Gasteiger partial charge on any atom is -0.348 e. The molecule has 0 fully saturated rings.